The van der Waals surface area contributed by atoms with Crippen molar-refractivity contribution in [2.45, 2.75) is 13.3 Å². The highest BCUT2D eigenvalue weighted by molar-refractivity contribution is 7.92. The number of carbonyl (C=O) groups excluding carboxylic acids is 1. The first-order chi connectivity index (χ1) is 6.55. The van der Waals surface area contributed by atoms with E-state index >= 15 is 0 Å². The van der Waals surface area contributed by atoms with Gasteiger partial charge in [-0.3, -0.25) is 4.79 Å². The molecule has 6 heteroatoms. The molecule has 0 rings (SSSR count). The number of hydrogen-bond donors (Lipinski definition) is 2. The van der Waals surface area contributed by atoms with Crippen LogP contribution in [0.1, 0.15) is 13.3 Å². The highest BCUT2D eigenvalue weighted by Crippen LogP contribution is 1.99. The van der Waals surface area contributed by atoms with E-state index in [2.05, 4.69) is 16.6 Å². The van der Waals surface area contributed by atoms with Gasteiger partial charge < -0.3 is 5.32 Å². The van der Waals surface area contributed by atoms with E-state index in [1.165, 1.54) is 0 Å². The molecular formula is C8H15N2O3S. The SMILES string of the molecule is C=CS(=O)(=O)NCC(CC)CN[C]=O. The monoisotopic (exact) mass is 219 g/mol. The van der Waals surface area contributed by atoms with Crippen LogP contribution in [-0.2, 0) is 14.8 Å². The fourth-order valence-electron chi connectivity index (χ4n) is 0.840. The van der Waals surface area contributed by atoms with Gasteiger partial charge in [-0.25, -0.2) is 13.1 Å². The van der Waals surface area contributed by atoms with Crippen molar-refractivity contribution < 1.29 is 13.2 Å². The van der Waals surface area contributed by atoms with Gasteiger partial charge in [0.15, 0.2) is 0 Å². The zero-order valence-electron chi connectivity index (χ0n) is 8.12. The predicted octanol–water partition coefficient (Wildman–Crippen LogP) is -0.268. The molecule has 1 amide bonds. The molecule has 0 aromatic rings. The van der Waals surface area contributed by atoms with Gasteiger partial charge in [0.1, 0.15) is 0 Å². The predicted molar refractivity (Wildman–Crippen MR) is 54.6 cm³/mol. The average molecular weight is 219 g/mol. The van der Waals surface area contributed by atoms with Gasteiger partial charge in [0.05, 0.1) is 0 Å². The van der Waals surface area contributed by atoms with E-state index in [-0.39, 0.29) is 5.92 Å². The van der Waals surface area contributed by atoms with E-state index in [4.69, 9.17) is 0 Å². The molecule has 2 N–H and O–H groups in total. The molecule has 0 aromatic heterocycles. The van der Waals surface area contributed by atoms with E-state index in [1.807, 2.05) is 6.92 Å². The molecule has 1 radical (unpaired) electrons. The first-order valence-electron chi connectivity index (χ1n) is 4.27. The standard InChI is InChI=1S/C8H15N2O3S/c1-3-8(5-9-7-11)6-10-14(12,13)4-2/h4,8,10H,2-3,5-6H2,1H3,(H,9,11). The number of sulfonamides is 1. The maximum Gasteiger partial charge on any atom is 0.309 e. The Kier molecular flexibility index (Phi) is 6.14. The van der Waals surface area contributed by atoms with Crippen LogP contribution >= 0.6 is 0 Å². The first kappa shape index (κ1) is 13.1. The number of rotatable bonds is 8. The summed E-state index contributed by atoms with van der Waals surface area (Å²) in [7, 11) is -3.36. The van der Waals surface area contributed by atoms with Crippen LogP contribution in [0.15, 0.2) is 12.0 Å². The van der Waals surface area contributed by atoms with Crippen molar-refractivity contribution in [2.75, 3.05) is 13.1 Å². The molecule has 0 aliphatic carbocycles. The van der Waals surface area contributed by atoms with Gasteiger partial charge >= 0.3 is 6.41 Å². The van der Waals surface area contributed by atoms with E-state index in [0.717, 1.165) is 11.8 Å². The lowest BCUT2D eigenvalue weighted by Crippen LogP contribution is -2.32. The second-order valence-electron chi connectivity index (χ2n) is 2.82. The minimum atomic E-state index is -3.36. The van der Waals surface area contributed by atoms with Crippen molar-refractivity contribution >= 4 is 16.4 Å². The van der Waals surface area contributed by atoms with Crippen LogP contribution in [0.2, 0.25) is 0 Å². The topological polar surface area (TPSA) is 75.3 Å². The van der Waals surface area contributed by atoms with Gasteiger partial charge in [0.2, 0.25) is 10.0 Å². The Morgan fingerprint density at radius 1 is 1.50 bits per heavy atom. The molecular weight excluding hydrogens is 204 g/mol. The molecule has 0 aliphatic rings. The molecule has 0 fully saturated rings. The van der Waals surface area contributed by atoms with Gasteiger partial charge in [-0.1, -0.05) is 19.9 Å². The highest BCUT2D eigenvalue weighted by Gasteiger charge is 2.09. The van der Waals surface area contributed by atoms with Crippen molar-refractivity contribution in [1.82, 2.24) is 10.0 Å². The van der Waals surface area contributed by atoms with Crippen molar-refractivity contribution in [3.63, 3.8) is 0 Å². The summed E-state index contributed by atoms with van der Waals surface area (Å²) in [5.74, 6) is 0.0752. The molecule has 81 valence electrons. The lowest BCUT2D eigenvalue weighted by atomic mass is 10.1. The Morgan fingerprint density at radius 3 is 2.57 bits per heavy atom. The summed E-state index contributed by atoms with van der Waals surface area (Å²) in [6, 6.07) is 0. The Balaban J connectivity index is 3.95. The summed E-state index contributed by atoms with van der Waals surface area (Å²) in [5, 5.41) is 3.25. The molecule has 0 saturated carbocycles. The summed E-state index contributed by atoms with van der Waals surface area (Å²) in [6.45, 7) is 5.79. The molecule has 0 heterocycles. The molecule has 0 aromatic carbocycles. The second-order valence-corrected chi connectivity index (χ2v) is 4.53. The molecule has 1 unspecified atom stereocenters. The van der Waals surface area contributed by atoms with Gasteiger partial charge in [-0.2, -0.15) is 0 Å². The molecule has 5 nitrogen and oxygen atoms in total. The Hall–Kier alpha value is -0.880. The van der Waals surface area contributed by atoms with E-state index < -0.39 is 10.0 Å². The van der Waals surface area contributed by atoms with Gasteiger partial charge in [-0.15, -0.1) is 0 Å². The third-order valence-corrected chi connectivity index (χ3v) is 2.84. The highest BCUT2D eigenvalue weighted by atomic mass is 32.2. The first-order valence-corrected chi connectivity index (χ1v) is 5.82. The van der Waals surface area contributed by atoms with Crippen LogP contribution < -0.4 is 10.0 Å². The normalized spacial score (nSPS) is 13.2. The number of nitrogens with one attached hydrogen (secondary N) is 2. The fraction of sp³-hybridized carbons (Fsp3) is 0.625. The minimum absolute atomic E-state index is 0.0752. The summed E-state index contributed by atoms with van der Waals surface area (Å²) in [4.78, 5) is 9.89. The Bertz CT molecular complexity index is 274. The van der Waals surface area contributed by atoms with Crippen LogP contribution in [0.25, 0.3) is 0 Å². The van der Waals surface area contributed by atoms with Crippen molar-refractivity contribution in [2.24, 2.45) is 5.92 Å². The zero-order valence-corrected chi connectivity index (χ0v) is 8.93. The second kappa shape index (κ2) is 6.56. The molecule has 0 aliphatic heterocycles. The van der Waals surface area contributed by atoms with Gasteiger partial charge in [-0.05, 0) is 5.92 Å². The van der Waals surface area contributed by atoms with Crippen LogP contribution in [0, 0.1) is 5.92 Å². The van der Waals surface area contributed by atoms with Crippen molar-refractivity contribution in [3.05, 3.63) is 12.0 Å². The van der Waals surface area contributed by atoms with E-state index in [0.29, 0.717) is 13.1 Å². The average Bonchev–Trinajstić information content (AvgIpc) is 2.18. The van der Waals surface area contributed by atoms with Crippen LogP contribution in [0.5, 0.6) is 0 Å². The lowest BCUT2D eigenvalue weighted by Gasteiger charge is -2.13. The third-order valence-electron chi connectivity index (χ3n) is 1.83. The van der Waals surface area contributed by atoms with E-state index in [9.17, 15) is 13.2 Å². The van der Waals surface area contributed by atoms with Crippen LogP contribution in [0.3, 0.4) is 0 Å². The maximum atomic E-state index is 11.0. The summed E-state index contributed by atoms with van der Waals surface area (Å²) in [5.41, 5.74) is 0. The quantitative estimate of drug-likeness (QED) is 0.552. The van der Waals surface area contributed by atoms with E-state index in [1.54, 1.807) is 6.41 Å². The largest absolute Gasteiger partial charge is 0.348 e. The summed E-state index contributed by atoms with van der Waals surface area (Å²) >= 11 is 0. The van der Waals surface area contributed by atoms with Crippen LogP contribution in [0.4, 0.5) is 0 Å². The van der Waals surface area contributed by atoms with Crippen molar-refractivity contribution in [1.29, 1.82) is 0 Å². The molecule has 14 heavy (non-hydrogen) atoms. The molecule has 0 saturated heterocycles. The number of hydrogen-bond acceptors (Lipinski definition) is 3. The molecule has 0 bridgehead atoms. The lowest BCUT2D eigenvalue weighted by molar-refractivity contribution is 0.472. The van der Waals surface area contributed by atoms with Gasteiger partial charge in [0, 0.05) is 18.5 Å². The third kappa shape index (κ3) is 5.71. The Labute approximate surface area is 84.6 Å². The van der Waals surface area contributed by atoms with Gasteiger partial charge in [0.25, 0.3) is 0 Å². The smallest absolute Gasteiger partial charge is 0.309 e. The van der Waals surface area contributed by atoms with Crippen molar-refractivity contribution in [3.8, 4) is 0 Å². The van der Waals surface area contributed by atoms with Crippen LogP contribution in [-0.4, -0.2) is 27.9 Å². The summed E-state index contributed by atoms with van der Waals surface area (Å²) in [6.07, 6.45) is 2.32. The molecule has 1 atom stereocenters. The summed E-state index contributed by atoms with van der Waals surface area (Å²) < 4.78 is 24.3. The Morgan fingerprint density at radius 2 is 2.14 bits per heavy atom. The zero-order chi connectivity index (χ0) is 11.0. The maximum absolute atomic E-state index is 11.0. The minimum Gasteiger partial charge on any atom is -0.348 e. The molecule has 0 spiro atoms. The fourth-order valence-corrected chi connectivity index (χ4v) is 1.43. The number of amides is 1.